The summed E-state index contributed by atoms with van der Waals surface area (Å²) in [6.07, 6.45) is 1.11. The maximum Gasteiger partial charge on any atom is 0.236 e. The van der Waals surface area contributed by atoms with Crippen LogP contribution in [0, 0.1) is 6.92 Å². The van der Waals surface area contributed by atoms with Crippen LogP contribution in [-0.2, 0) is 4.79 Å². The number of thiazole rings is 1. The molecule has 0 bridgehead atoms. The second-order valence-corrected chi connectivity index (χ2v) is 8.21. The quantitative estimate of drug-likeness (QED) is 0.774. The fraction of sp³-hybridized carbons (Fsp3) is 0.455. The molecule has 1 amide bonds. The predicted molar refractivity (Wildman–Crippen MR) is 87.1 cm³/mol. The molecule has 0 saturated carbocycles. The molecular formula is C11H14N4OS4. The van der Waals surface area contributed by atoms with E-state index in [-0.39, 0.29) is 5.91 Å². The molecule has 0 fully saturated rings. The number of aromatic nitrogens is 3. The summed E-state index contributed by atoms with van der Waals surface area (Å²) in [5.74, 6) is 1.30. The number of carbonyl (C=O) groups excluding carboxylic acids is 1. The molecule has 20 heavy (non-hydrogen) atoms. The molecule has 0 radical (unpaired) electrons. The Labute approximate surface area is 134 Å². The Morgan fingerprint density at radius 1 is 1.35 bits per heavy atom. The lowest BCUT2D eigenvalue weighted by molar-refractivity contribution is -0.113. The monoisotopic (exact) mass is 346 g/mol. The van der Waals surface area contributed by atoms with E-state index in [0.717, 1.165) is 26.5 Å². The van der Waals surface area contributed by atoms with Crippen molar-refractivity contribution in [2.24, 2.45) is 0 Å². The molecule has 2 aromatic rings. The third-order valence-electron chi connectivity index (χ3n) is 2.01. The van der Waals surface area contributed by atoms with Crippen LogP contribution >= 0.6 is 46.2 Å². The number of amides is 1. The minimum atomic E-state index is -0.0673. The van der Waals surface area contributed by atoms with Crippen LogP contribution < -0.4 is 5.32 Å². The average molecular weight is 347 g/mol. The van der Waals surface area contributed by atoms with Gasteiger partial charge in [-0.25, -0.2) is 4.98 Å². The van der Waals surface area contributed by atoms with Crippen molar-refractivity contribution in [2.45, 2.75) is 28.9 Å². The van der Waals surface area contributed by atoms with Crippen molar-refractivity contribution in [3.05, 3.63) is 11.1 Å². The number of thioether (sulfide) groups is 2. The van der Waals surface area contributed by atoms with Gasteiger partial charge in [-0.05, 0) is 13.3 Å². The van der Waals surface area contributed by atoms with Crippen molar-refractivity contribution >= 4 is 57.2 Å². The normalized spacial score (nSPS) is 10.7. The van der Waals surface area contributed by atoms with Gasteiger partial charge in [0.2, 0.25) is 5.91 Å². The first-order valence-corrected chi connectivity index (χ1v) is 9.65. The molecule has 0 aliphatic rings. The second kappa shape index (κ2) is 7.96. The zero-order valence-electron chi connectivity index (χ0n) is 11.1. The molecule has 2 heterocycles. The third kappa shape index (κ3) is 5.04. The van der Waals surface area contributed by atoms with Gasteiger partial charge in [0.1, 0.15) is 0 Å². The van der Waals surface area contributed by atoms with Gasteiger partial charge in [0.05, 0.1) is 11.4 Å². The standard InChI is InChI=1S/C11H14N4OS4/c1-3-4-17-10-14-15-11(20-10)19-6-8(16)13-9-12-7(2)5-18-9/h5H,3-4,6H2,1-2H3,(H,12,13,16). The summed E-state index contributed by atoms with van der Waals surface area (Å²) in [5.41, 5.74) is 0.916. The van der Waals surface area contributed by atoms with Crippen LogP contribution in [-0.4, -0.2) is 32.6 Å². The average Bonchev–Trinajstić information content (AvgIpc) is 3.03. The second-order valence-electron chi connectivity index (χ2n) is 3.81. The van der Waals surface area contributed by atoms with E-state index in [1.54, 1.807) is 11.8 Å². The van der Waals surface area contributed by atoms with Crippen LogP contribution in [0.25, 0.3) is 0 Å². The van der Waals surface area contributed by atoms with Crippen molar-refractivity contribution in [3.8, 4) is 0 Å². The van der Waals surface area contributed by atoms with Gasteiger partial charge in [0.25, 0.3) is 0 Å². The highest BCUT2D eigenvalue weighted by Gasteiger charge is 2.09. The van der Waals surface area contributed by atoms with E-state index in [4.69, 9.17) is 0 Å². The number of nitrogens with one attached hydrogen (secondary N) is 1. The lowest BCUT2D eigenvalue weighted by atomic mass is 10.6. The number of hydrogen-bond acceptors (Lipinski definition) is 8. The Morgan fingerprint density at radius 3 is 2.75 bits per heavy atom. The summed E-state index contributed by atoms with van der Waals surface area (Å²) in [6, 6.07) is 0. The predicted octanol–water partition coefficient (Wildman–Crippen LogP) is 3.54. The molecule has 1 N–H and O–H groups in total. The van der Waals surface area contributed by atoms with Crippen molar-refractivity contribution in [1.82, 2.24) is 15.2 Å². The van der Waals surface area contributed by atoms with Crippen molar-refractivity contribution < 1.29 is 4.79 Å². The molecule has 9 heteroatoms. The SMILES string of the molecule is CCCSc1nnc(SCC(=O)Nc2nc(C)cs2)s1. The van der Waals surface area contributed by atoms with Gasteiger partial charge in [-0.3, -0.25) is 4.79 Å². The molecule has 0 unspecified atom stereocenters. The first-order chi connectivity index (χ1) is 9.67. The molecule has 108 valence electrons. The first-order valence-electron chi connectivity index (χ1n) is 5.98. The van der Waals surface area contributed by atoms with Gasteiger partial charge in [-0.1, -0.05) is 41.8 Å². The fourth-order valence-electron chi connectivity index (χ4n) is 1.20. The van der Waals surface area contributed by atoms with Gasteiger partial charge < -0.3 is 5.32 Å². The number of hydrogen-bond donors (Lipinski definition) is 1. The van der Waals surface area contributed by atoms with Crippen molar-refractivity contribution in [2.75, 3.05) is 16.8 Å². The minimum absolute atomic E-state index is 0.0673. The smallest absolute Gasteiger partial charge is 0.236 e. The molecule has 0 aliphatic heterocycles. The topological polar surface area (TPSA) is 67.8 Å². The maximum atomic E-state index is 11.8. The summed E-state index contributed by atoms with van der Waals surface area (Å²) in [4.78, 5) is 16.0. The molecule has 0 atom stereocenters. The fourth-order valence-corrected chi connectivity index (χ4v) is 4.65. The largest absolute Gasteiger partial charge is 0.301 e. The van der Waals surface area contributed by atoms with E-state index in [1.807, 2.05) is 12.3 Å². The van der Waals surface area contributed by atoms with Crippen LogP contribution in [0.4, 0.5) is 5.13 Å². The summed E-state index contributed by atoms with van der Waals surface area (Å²) >= 11 is 6.08. The molecule has 2 rings (SSSR count). The van der Waals surface area contributed by atoms with Gasteiger partial charge in [-0.2, -0.15) is 0 Å². The Balaban J connectivity index is 1.76. The molecule has 0 aliphatic carbocycles. The number of rotatable bonds is 7. The first kappa shape index (κ1) is 15.7. The van der Waals surface area contributed by atoms with Crippen LogP contribution in [0.2, 0.25) is 0 Å². The number of anilines is 1. The van der Waals surface area contributed by atoms with Gasteiger partial charge in [-0.15, -0.1) is 21.5 Å². The van der Waals surface area contributed by atoms with E-state index in [0.29, 0.717) is 10.9 Å². The van der Waals surface area contributed by atoms with E-state index in [9.17, 15) is 4.79 Å². The number of aryl methyl sites for hydroxylation is 1. The number of carbonyl (C=O) groups is 1. The Bertz CT molecular complexity index is 568. The number of nitrogens with zero attached hydrogens (tertiary/aromatic N) is 3. The minimum Gasteiger partial charge on any atom is -0.301 e. The molecule has 0 aromatic carbocycles. The Kier molecular flexibility index (Phi) is 6.27. The summed E-state index contributed by atoms with van der Waals surface area (Å²) in [6.45, 7) is 4.03. The summed E-state index contributed by atoms with van der Waals surface area (Å²) < 4.78 is 1.79. The Morgan fingerprint density at radius 2 is 2.10 bits per heavy atom. The van der Waals surface area contributed by atoms with Gasteiger partial charge in [0, 0.05) is 11.1 Å². The van der Waals surface area contributed by atoms with E-state index >= 15 is 0 Å². The zero-order chi connectivity index (χ0) is 14.4. The molecule has 5 nitrogen and oxygen atoms in total. The third-order valence-corrected chi connectivity index (χ3v) is 6.28. The van der Waals surface area contributed by atoms with E-state index in [2.05, 4.69) is 27.4 Å². The van der Waals surface area contributed by atoms with Crippen molar-refractivity contribution in [1.29, 1.82) is 0 Å². The molecule has 2 aromatic heterocycles. The highest BCUT2D eigenvalue weighted by Crippen LogP contribution is 2.29. The van der Waals surface area contributed by atoms with E-state index < -0.39 is 0 Å². The van der Waals surface area contributed by atoms with E-state index in [1.165, 1.54) is 34.4 Å². The Hall–Kier alpha value is -0.640. The van der Waals surface area contributed by atoms with Gasteiger partial charge >= 0.3 is 0 Å². The summed E-state index contributed by atoms with van der Waals surface area (Å²) in [5, 5.41) is 13.5. The summed E-state index contributed by atoms with van der Waals surface area (Å²) in [7, 11) is 0. The lowest BCUT2D eigenvalue weighted by Gasteiger charge is -1.98. The molecule has 0 spiro atoms. The highest BCUT2D eigenvalue weighted by atomic mass is 32.2. The van der Waals surface area contributed by atoms with Crippen molar-refractivity contribution in [3.63, 3.8) is 0 Å². The van der Waals surface area contributed by atoms with Crippen LogP contribution in [0.5, 0.6) is 0 Å². The molecule has 0 saturated heterocycles. The highest BCUT2D eigenvalue weighted by molar-refractivity contribution is 8.03. The zero-order valence-corrected chi connectivity index (χ0v) is 14.3. The molecular weight excluding hydrogens is 332 g/mol. The van der Waals surface area contributed by atoms with Gasteiger partial charge in [0.15, 0.2) is 13.8 Å². The van der Waals surface area contributed by atoms with Crippen LogP contribution in [0.1, 0.15) is 19.0 Å². The maximum absolute atomic E-state index is 11.8. The van der Waals surface area contributed by atoms with Crippen LogP contribution in [0.3, 0.4) is 0 Å². The van der Waals surface area contributed by atoms with Crippen LogP contribution in [0.15, 0.2) is 14.1 Å². The lowest BCUT2D eigenvalue weighted by Crippen LogP contribution is -2.13.